The normalized spacial score (nSPS) is 10.7. The van der Waals surface area contributed by atoms with E-state index in [1.54, 1.807) is 19.3 Å². The van der Waals surface area contributed by atoms with Gasteiger partial charge in [0.25, 0.3) is 5.91 Å². The highest BCUT2D eigenvalue weighted by Gasteiger charge is 2.20. The first-order chi connectivity index (χ1) is 9.08. The maximum atomic E-state index is 12.1. The summed E-state index contributed by atoms with van der Waals surface area (Å²) in [5, 5.41) is 2.81. The van der Waals surface area contributed by atoms with Gasteiger partial charge in [-0.2, -0.15) is 0 Å². The van der Waals surface area contributed by atoms with Crippen LogP contribution < -0.4 is 5.32 Å². The number of carbonyl (C=O) groups excluding carboxylic acids is 1. The van der Waals surface area contributed by atoms with Crippen molar-refractivity contribution in [3.8, 4) is 0 Å². The van der Waals surface area contributed by atoms with Crippen LogP contribution in [0.3, 0.4) is 0 Å². The van der Waals surface area contributed by atoms with Crippen LogP contribution in [0, 0.1) is 6.92 Å². The van der Waals surface area contributed by atoms with E-state index in [9.17, 15) is 4.79 Å². The zero-order valence-corrected chi connectivity index (χ0v) is 11.3. The van der Waals surface area contributed by atoms with E-state index in [0.29, 0.717) is 23.9 Å². The van der Waals surface area contributed by atoms with Crippen LogP contribution in [0.25, 0.3) is 0 Å². The molecular weight excluding hydrogens is 242 g/mol. The third-order valence-corrected chi connectivity index (χ3v) is 2.69. The second-order valence-corrected chi connectivity index (χ2v) is 4.65. The summed E-state index contributed by atoms with van der Waals surface area (Å²) in [6.07, 6.45) is 3.41. The number of carbonyl (C=O) groups is 1. The van der Waals surface area contributed by atoms with Gasteiger partial charge in [-0.1, -0.05) is 19.9 Å². The van der Waals surface area contributed by atoms with Gasteiger partial charge in [0.05, 0.1) is 5.69 Å². The molecule has 19 heavy (non-hydrogen) atoms. The van der Waals surface area contributed by atoms with Gasteiger partial charge in [0.2, 0.25) is 5.76 Å². The lowest BCUT2D eigenvalue weighted by atomic mass is 10.1. The molecule has 1 N–H and O–H groups in total. The molecule has 0 aromatic carbocycles. The number of nitrogens with zero attached hydrogens (tertiary/aromatic N) is 2. The molecule has 0 radical (unpaired) electrons. The number of pyridine rings is 1. The van der Waals surface area contributed by atoms with Gasteiger partial charge in [0.15, 0.2) is 5.89 Å². The molecule has 0 aliphatic carbocycles. The summed E-state index contributed by atoms with van der Waals surface area (Å²) in [4.78, 5) is 20.3. The van der Waals surface area contributed by atoms with Gasteiger partial charge < -0.3 is 9.73 Å². The Morgan fingerprint density at radius 2 is 2.26 bits per heavy atom. The third kappa shape index (κ3) is 3.19. The highest BCUT2D eigenvalue weighted by molar-refractivity contribution is 5.92. The van der Waals surface area contributed by atoms with Crippen LogP contribution >= 0.6 is 0 Å². The largest absolute Gasteiger partial charge is 0.436 e. The van der Waals surface area contributed by atoms with Crippen LogP contribution in [0.1, 0.15) is 47.5 Å². The number of hydrogen-bond acceptors (Lipinski definition) is 4. The van der Waals surface area contributed by atoms with E-state index < -0.39 is 0 Å². The minimum Gasteiger partial charge on any atom is -0.436 e. The van der Waals surface area contributed by atoms with Crippen molar-refractivity contribution in [2.75, 3.05) is 0 Å². The predicted octanol–water partition coefficient (Wildman–Crippen LogP) is 2.43. The molecular formula is C14H17N3O2. The zero-order chi connectivity index (χ0) is 13.8. The Balaban J connectivity index is 2.08. The van der Waals surface area contributed by atoms with Crippen LogP contribution in [-0.4, -0.2) is 15.9 Å². The lowest BCUT2D eigenvalue weighted by Gasteiger charge is -2.05. The van der Waals surface area contributed by atoms with Crippen LogP contribution in [0.5, 0.6) is 0 Å². The molecule has 0 saturated heterocycles. The number of aryl methyl sites for hydroxylation is 1. The summed E-state index contributed by atoms with van der Waals surface area (Å²) >= 11 is 0. The summed E-state index contributed by atoms with van der Waals surface area (Å²) in [5.41, 5.74) is 1.64. The zero-order valence-electron chi connectivity index (χ0n) is 11.3. The van der Waals surface area contributed by atoms with Gasteiger partial charge >= 0.3 is 0 Å². The summed E-state index contributed by atoms with van der Waals surface area (Å²) in [6.45, 7) is 6.12. The van der Waals surface area contributed by atoms with Crippen LogP contribution in [0.2, 0.25) is 0 Å². The van der Waals surface area contributed by atoms with Crippen LogP contribution in [-0.2, 0) is 6.54 Å². The Morgan fingerprint density at radius 1 is 1.47 bits per heavy atom. The van der Waals surface area contributed by atoms with Crippen molar-refractivity contribution in [1.82, 2.24) is 15.3 Å². The Kier molecular flexibility index (Phi) is 3.94. The number of amides is 1. The molecule has 2 heterocycles. The number of oxazole rings is 1. The molecule has 0 bridgehead atoms. The molecule has 5 heteroatoms. The minimum atomic E-state index is -0.242. The van der Waals surface area contributed by atoms with Gasteiger partial charge in [-0.25, -0.2) is 4.98 Å². The molecule has 0 saturated carbocycles. The molecule has 0 atom stereocenters. The highest BCUT2D eigenvalue weighted by Crippen LogP contribution is 2.19. The van der Waals surface area contributed by atoms with Gasteiger partial charge in [0, 0.05) is 25.9 Å². The number of nitrogens with one attached hydrogen (secondary N) is 1. The van der Waals surface area contributed by atoms with Gasteiger partial charge in [0.1, 0.15) is 0 Å². The van der Waals surface area contributed by atoms with E-state index in [2.05, 4.69) is 15.3 Å². The molecule has 2 aromatic heterocycles. The number of aromatic nitrogens is 2. The molecule has 0 fully saturated rings. The van der Waals surface area contributed by atoms with Crippen molar-refractivity contribution >= 4 is 5.91 Å². The second-order valence-electron chi connectivity index (χ2n) is 4.65. The van der Waals surface area contributed by atoms with Crippen LogP contribution in [0.4, 0.5) is 0 Å². The van der Waals surface area contributed by atoms with E-state index in [1.165, 1.54) is 0 Å². The Bertz CT molecular complexity index is 561. The molecule has 2 rings (SSSR count). The van der Waals surface area contributed by atoms with E-state index in [1.807, 2.05) is 26.0 Å². The van der Waals surface area contributed by atoms with Crippen molar-refractivity contribution < 1.29 is 9.21 Å². The minimum absolute atomic E-state index is 0.150. The first-order valence-corrected chi connectivity index (χ1v) is 6.22. The predicted molar refractivity (Wildman–Crippen MR) is 70.7 cm³/mol. The number of hydrogen-bond donors (Lipinski definition) is 1. The van der Waals surface area contributed by atoms with Gasteiger partial charge in [-0.3, -0.25) is 9.78 Å². The monoisotopic (exact) mass is 259 g/mol. The molecule has 0 aliphatic heterocycles. The van der Waals surface area contributed by atoms with E-state index in [4.69, 9.17) is 4.42 Å². The maximum absolute atomic E-state index is 12.1. The molecule has 1 amide bonds. The smallest absolute Gasteiger partial charge is 0.289 e. The molecule has 0 spiro atoms. The molecule has 0 aliphatic rings. The summed E-state index contributed by atoms with van der Waals surface area (Å²) in [6, 6.07) is 3.74. The molecule has 2 aromatic rings. The van der Waals surface area contributed by atoms with E-state index >= 15 is 0 Å². The molecule has 0 unspecified atom stereocenters. The first kappa shape index (κ1) is 13.3. The van der Waals surface area contributed by atoms with E-state index in [-0.39, 0.29) is 11.8 Å². The van der Waals surface area contributed by atoms with E-state index in [0.717, 1.165) is 5.56 Å². The Hall–Kier alpha value is -2.17. The Labute approximate surface area is 112 Å². The standard InChI is InChI=1S/C14H17N3O2/c1-9(2)12-13(19-10(3)17-12)14(18)16-8-11-5-4-6-15-7-11/h4-7,9H,8H2,1-3H3,(H,16,18). The summed E-state index contributed by atoms with van der Waals surface area (Å²) in [5.74, 6) is 0.719. The van der Waals surface area contributed by atoms with Crippen molar-refractivity contribution in [2.24, 2.45) is 0 Å². The second kappa shape index (κ2) is 5.65. The van der Waals surface area contributed by atoms with Gasteiger partial charge in [-0.05, 0) is 17.5 Å². The fraction of sp³-hybridized carbons (Fsp3) is 0.357. The average Bonchev–Trinajstić information content (AvgIpc) is 2.79. The Morgan fingerprint density at radius 3 is 2.89 bits per heavy atom. The fourth-order valence-corrected chi connectivity index (χ4v) is 1.76. The lowest BCUT2D eigenvalue weighted by Crippen LogP contribution is -2.23. The fourth-order valence-electron chi connectivity index (χ4n) is 1.76. The summed E-state index contributed by atoms with van der Waals surface area (Å²) < 4.78 is 5.39. The average molecular weight is 259 g/mol. The van der Waals surface area contributed by atoms with Crippen LogP contribution in [0.15, 0.2) is 28.9 Å². The lowest BCUT2D eigenvalue weighted by molar-refractivity contribution is 0.0920. The molecule has 5 nitrogen and oxygen atoms in total. The third-order valence-electron chi connectivity index (χ3n) is 2.69. The van der Waals surface area contributed by atoms with Gasteiger partial charge in [-0.15, -0.1) is 0 Å². The molecule has 100 valence electrons. The first-order valence-electron chi connectivity index (χ1n) is 6.22. The quantitative estimate of drug-likeness (QED) is 0.915. The maximum Gasteiger partial charge on any atom is 0.289 e. The topological polar surface area (TPSA) is 68.0 Å². The van der Waals surface area contributed by atoms with Crippen molar-refractivity contribution in [3.63, 3.8) is 0 Å². The van der Waals surface area contributed by atoms with Crippen molar-refractivity contribution in [2.45, 2.75) is 33.2 Å². The summed E-state index contributed by atoms with van der Waals surface area (Å²) in [7, 11) is 0. The van der Waals surface area contributed by atoms with Crippen molar-refractivity contribution in [1.29, 1.82) is 0 Å². The SMILES string of the molecule is Cc1nc(C(C)C)c(C(=O)NCc2cccnc2)o1. The number of rotatable bonds is 4. The highest BCUT2D eigenvalue weighted by atomic mass is 16.4. The van der Waals surface area contributed by atoms with Crippen molar-refractivity contribution in [3.05, 3.63) is 47.4 Å².